The van der Waals surface area contributed by atoms with E-state index in [2.05, 4.69) is 15.7 Å². The number of allylic oxidation sites excluding steroid dienone is 1. The number of carbonyl (C=O) groups excluding carboxylic acids is 4. The molecule has 0 fully saturated rings. The zero-order chi connectivity index (χ0) is 36.3. The van der Waals surface area contributed by atoms with Crippen molar-refractivity contribution in [2.45, 2.75) is 42.7 Å². The predicted octanol–water partition coefficient (Wildman–Crippen LogP) is 4.03. The molecule has 264 valence electrons. The minimum absolute atomic E-state index is 0.00292. The Morgan fingerprint density at radius 3 is 2.44 bits per heavy atom. The van der Waals surface area contributed by atoms with Crippen LogP contribution in [-0.2, 0) is 20.9 Å². The molecule has 5 rings (SSSR count). The molecule has 1 unspecified atom stereocenters. The number of aliphatic hydroxyl groups excluding tert-OH is 1. The number of amides is 2. The number of benzene rings is 2. The van der Waals surface area contributed by atoms with Crippen LogP contribution >= 0.6 is 23.4 Å². The minimum atomic E-state index is -2.03. The van der Waals surface area contributed by atoms with Gasteiger partial charge in [-0.1, -0.05) is 30.7 Å². The van der Waals surface area contributed by atoms with Gasteiger partial charge in [-0.05, 0) is 24.0 Å². The Kier molecular flexibility index (Phi) is 10.7. The van der Waals surface area contributed by atoms with Crippen molar-refractivity contribution < 1.29 is 43.4 Å². The fourth-order valence-electron chi connectivity index (χ4n) is 6.16. The molecule has 1 spiro atoms. The van der Waals surface area contributed by atoms with Crippen LogP contribution in [0.4, 0.5) is 5.69 Å². The summed E-state index contributed by atoms with van der Waals surface area (Å²) >= 11 is 8.07. The Labute approximate surface area is 295 Å². The number of hydrogen-bond donors (Lipinski definition) is 3. The number of Topliss-reactive ketones (excluding diaryl/α,β-unsaturated/α-hetero) is 2. The first-order valence-electron chi connectivity index (χ1n) is 15.3. The predicted molar refractivity (Wildman–Crippen MR) is 181 cm³/mol. The third kappa shape index (κ3) is 6.72. The second-order valence-corrected chi connectivity index (χ2v) is 12.9. The van der Waals surface area contributed by atoms with E-state index >= 15 is 0 Å². The summed E-state index contributed by atoms with van der Waals surface area (Å²) in [6, 6.07) is 8.58. The Morgan fingerprint density at radius 1 is 1.18 bits per heavy atom. The van der Waals surface area contributed by atoms with E-state index in [0.717, 1.165) is 22.0 Å². The van der Waals surface area contributed by atoms with E-state index in [0.29, 0.717) is 5.56 Å². The molecule has 0 saturated carbocycles. The molecular weight excluding hydrogens is 694 g/mol. The van der Waals surface area contributed by atoms with E-state index < -0.39 is 51.5 Å². The summed E-state index contributed by atoms with van der Waals surface area (Å²) in [5.74, 6) is -4.27. The summed E-state index contributed by atoms with van der Waals surface area (Å²) in [7, 11) is 2.75. The highest BCUT2D eigenvalue weighted by Crippen LogP contribution is 2.55. The third-order valence-electron chi connectivity index (χ3n) is 8.67. The van der Waals surface area contributed by atoms with E-state index in [1.807, 2.05) is 18.4 Å². The number of thioether (sulfide) groups is 1. The molecule has 1 aliphatic carbocycles. The van der Waals surface area contributed by atoms with Crippen LogP contribution in [-0.4, -0.2) is 82.4 Å². The fraction of sp³-hybridized carbons (Fsp3) is 0.364. The molecule has 0 bridgehead atoms. The molecular formula is C33H34ClN5O10S. The number of carbonyl (C=O) groups is 4. The summed E-state index contributed by atoms with van der Waals surface area (Å²) in [4.78, 5) is 64.8. The van der Waals surface area contributed by atoms with Crippen molar-refractivity contribution in [2.24, 2.45) is 5.92 Å². The third-order valence-corrected chi connectivity index (χ3v) is 9.77. The Balaban J connectivity index is 1.40. The molecule has 1 aliphatic heterocycles. The molecule has 0 radical (unpaired) electrons. The van der Waals surface area contributed by atoms with E-state index in [-0.39, 0.29) is 71.6 Å². The zero-order valence-corrected chi connectivity index (χ0v) is 29.1. The van der Waals surface area contributed by atoms with Gasteiger partial charge in [-0.3, -0.25) is 34.0 Å². The van der Waals surface area contributed by atoms with Crippen molar-refractivity contribution in [3.05, 3.63) is 80.3 Å². The quantitative estimate of drug-likeness (QED) is 0.0990. The van der Waals surface area contributed by atoms with E-state index in [9.17, 15) is 34.4 Å². The summed E-state index contributed by atoms with van der Waals surface area (Å²) in [6.07, 6.45) is 3.58. The zero-order valence-electron chi connectivity index (χ0n) is 27.5. The van der Waals surface area contributed by atoms with Crippen LogP contribution in [0.15, 0.2) is 59.0 Å². The smallest absolute Gasteiger partial charge is 0.307 e. The van der Waals surface area contributed by atoms with Crippen LogP contribution in [0, 0.1) is 16.0 Å². The average Bonchev–Trinajstić information content (AvgIpc) is 3.69. The largest absolute Gasteiger partial charge is 0.507 e. The molecule has 2 amide bonds. The van der Waals surface area contributed by atoms with Gasteiger partial charge in [0.25, 0.3) is 0 Å². The number of hydrogen-bond acceptors (Lipinski definition) is 12. The van der Waals surface area contributed by atoms with Crippen molar-refractivity contribution in [3.8, 4) is 17.2 Å². The maximum atomic E-state index is 14.3. The van der Waals surface area contributed by atoms with Crippen molar-refractivity contribution in [1.29, 1.82) is 0 Å². The molecule has 2 aromatic carbocycles. The van der Waals surface area contributed by atoms with E-state index in [1.165, 1.54) is 32.0 Å². The van der Waals surface area contributed by atoms with Crippen LogP contribution in [0.25, 0.3) is 0 Å². The average molecular weight is 728 g/mol. The maximum absolute atomic E-state index is 14.3. The highest BCUT2D eigenvalue weighted by atomic mass is 35.5. The first-order valence-corrected chi connectivity index (χ1v) is 17.0. The van der Waals surface area contributed by atoms with Crippen LogP contribution in [0.1, 0.15) is 41.6 Å². The lowest BCUT2D eigenvalue weighted by Crippen LogP contribution is -2.53. The number of rotatable bonds is 13. The lowest BCUT2D eigenvalue weighted by atomic mass is 9.69. The van der Waals surface area contributed by atoms with Gasteiger partial charge < -0.3 is 30.0 Å². The second kappa shape index (κ2) is 14.8. The summed E-state index contributed by atoms with van der Waals surface area (Å²) in [5.41, 5.74) is -1.88. The first-order chi connectivity index (χ1) is 23.9. The molecule has 17 heteroatoms. The first kappa shape index (κ1) is 36.2. The number of aromatic nitrogens is 2. The van der Waals surface area contributed by atoms with Gasteiger partial charge in [-0.15, -0.1) is 11.8 Å². The number of ether oxygens (including phenoxy) is 3. The SMILES string of the molecule is COc1cc(OC)c2c(c1Cl)O[C@]1(C2=O)C(O)=C(C(CC(=O)NCCNC(=O)Cn2cc([N+](=O)[O-])cn2)c2ccc(SC)cc2)C(=O)C[C@H]1C. The molecule has 3 atom stereocenters. The highest BCUT2D eigenvalue weighted by molar-refractivity contribution is 7.98. The number of ketones is 2. The Hall–Kier alpha value is -5.09. The lowest BCUT2D eigenvalue weighted by Gasteiger charge is -2.38. The summed E-state index contributed by atoms with van der Waals surface area (Å²) in [5, 5.41) is 31.9. The number of nitro groups is 1. The lowest BCUT2D eigenvalue weighted by molar-refractivity contribution is -0.385. The molecule has 2 aliphatic rings. The standard InChI is InChI=1S/C33H34ClN5O10S/c1-17-11-22(40)27(31(43)33(17)32(44)28-23(47-2)13-24(48-3)29(34)30(28)49-33)21(18-5-7-20(50-4)8-6-18)12-25(41)35-9-10-36-26(42)16-38-15-19(14-37-38)39(45)46/h5-8,13-15,17,21,43H,9-12,16H2,1-4H3,(H,35,41)(H,36,42)/t17-,21?,33+/m1/s1. The number of fused-ring (bicyclic) bond motifs is 1. The van der Waals surface area contributed by atoms with Gasteiger partial charge in [0.2, 0.25) is 23.2 Å². The fourth-order valence-corrected chi connectivity index (χ4v) is 6.83. The number of aliphatic hydroxyl groups is 1. The molecule has 15 nitrogen and oxygen atoms in total. The van der Waals surface area contributed by atoms with Gasteiger partial charge in [0.05, 0.1) is 19.1 Å². The molecule has 2 heterocycles. The number of nitrogens with one attached hydrogen (secondary N) is 2. The second-order valence-electron chi connectivity index (χ2n) is 11.6. The topological polar surface area (TPSA) is 201 Å². The van der Waals surface area contributed by atoms with Crippen LogP contribution in [0.5, 0.6) is 17.2 Å². The number of methoxy groups -OCH3 is 2. The minimum Gasteiger partial charge on any atom is -0.507 e. The van der Waals surface area contributed by atoms with Gasteiger partial charge in [0.15, 0.2) is 17.3 Å². The van der Waals surface area contributed by atoms with Gasteiger partial charge in [0.1, 0.15) is 41.0 Å². The number of nitrogens with zero attached hydrogens (tertiary/aromatic N) is 3. The molecule has 50 heavy (non-hydrogen) atoms. The highest BCUT2D eigenvalue weighted by Gasteiger charge is 2.61. The molecule has 3 N–H and O–H groups in total. The van der Waals surface area contributed by atoms with E-state index in [4.69, 9.17) is 25.8 Å². The van der Waals surface area contributed by atoms with Crippen LogP contribution in [0.3, 0.4) is 0 Å². The van der Waals surface area contributed by atoms with Gasteiger partial charge in [-0.2, -0.15) is 5.10 Å². The molecule has 3 aromatic rings. The normalized spacial score (nSPS) is 18.8. The van der Waals surface area contributed by atoms with Crippen molar-refractivity contribution in [2.75, 3.05) is 33.6 Å². The van der Waals surface area contributed by atoms with Crippen molar-refractivity contribution in [1.82, 2.24) is 20.4 Å². The van der Waals surface area contributed by atoms with Crippen molar-refractivity contribution >= 4 is 52.4 Å². The van der Waals surface area contributed by atoms with Gasteiger partial charge in [0, 0.05) is 54.3 Å². The van der Waals surface area contributed by atoms with Gasteiger partial charge in [-0.25, -0.2) is 0 Å². The summed E-state index contributed by atoms with van der Waals surface area (Å²) in [6.45, 7) is 1.39. The molecule has 0 saturated heterocycles. The molecule has 1 aromatic heterocycles. The number of halogens is 1. The van der Waals surface area contributed by atoms with Crippen molar-refractivity contribution in [3.63, 3.8) is 0 Å². The monoisotopic (exact) mass is 727 g/mol. The summed E-state index contributed by atoms with van der Waals surface area (Å²) < 4.78 is 18.2. The van der Waals surface area contributed by atoms with Crippen LogP contribution in [0.2, 0.25) is 5.02 Å². The van der Waals surface area contributed by atoms with E-state index in [1.54, 1.807) is 19.1 Å². The Bertz CT molecular complexity index is 1900. The Morgan fingerprint density at radius 2 is 1.84 bits per heavy atom. The van der Waals surface area contributed by atoms with Gasteiger partial charge >= 0.3 is 5.69 Å². The maximum Gasteiger partial charge on any atom is 0.307 e. The van der Waals surface area contributed by atoms with Crippen LogP contribution < -0.4 is 24.8 Å².